The fraction of sp³-hybridized carbons (Fsp3) is 0. The van der Waals surface area contributed by atoms with Gasteiger partial charge in [-0.15, -0.1) is 0 Å². The van der Waals surface area contributed by atoms with E-state index in [1.54, 1.807) is 6.07 Å². The lowest BCUT2D eigenvalue weighted by Crippen LogP contribution is -1.92. The fourth-order valence-corrected chi connectivity index (χ4v) is 2.59. The van der Waals surface area contributed by atoms with Crippen LogP contribution >= 0.6 is 15.9 Å². The van der Waals surface area contributed by atoms with Crippen molar-refractivity contribution in [1.82, 2.24) is 0 Å². The molecule has 0 radical (unpaired) electrons. The quantitative estimate of drug-likeness (QED) is 0.702. The molecule has 0 aliphatic rings. The SMILES string of the molecule is N#Cc1ccc(Nc2ccc3ccccc3c2)c(Br)c1. The lowest BCUT2D eigenvalue weighted by molar-refractivity contribution is 1.46. The third-order valence-corrected chi connectivity index (χ3v) is 3.78. The average Bonchev–Trinajstić information content (AvgIpc) is 2.49. The van der Waals surface area contributed by atoms with Gasteiger partial charge < -0.3 is 5.32 Å². The van der Waals surface area contributed by atoms with Gasteiger partial charge in [0.2, 0.25) is 0 Å². The summed E-state index contributed by atoms with van der Waals surface area (Å²) in [6.45, 7) is 0. The number of benzene rings is 3. The van der Waals surface area contributed by atoms with Gasteiger partial charge in [-0.3, -0.25) is 0 Å². The minimum atomic E-state index is 0.640. The molecule has 96 valence electrons. The van der Waals surface area contributed by atoms with Gasteiger partial charge in [-0.1, -0.05) is 30.3 Å². The number of fused-ring (bicyclic) bond motifs is 1. The Balaban J connectivity index is 1.95. The van der Waals surface area contributed by atoms with E-state index in [9.17, 15) is 0 Å². The van der Waals surface area contributed by atoms with E-state index in [0.29, 0.717) is 5.56 Å². The van der Waals surface area contributed by atoms with Crippen LogP contribution in [0, 0.1) is 11.3 Å². The Bertz CT molecular complexity index is 819. The highest BCUT2D eigenvalue weighted by Gasteiger charge is 2.02. The van der Waals surface area contributed by atoms with Crippen molar-refractivity contribution in [2.75, 3.05) is 5.32 Å². The normalized spacial score (nSPS) is 10.2. The van der Waals surface area contributed by atoms with E-state index >= 15 is 0 Å². The number of nitrogens with one attached hydrogen (secondary N) is 1. The largest absolute Gasteiger partial charge is 0.355 e. The predicted octanol–water partition coefficient (Wildman–Crippen LogP) is 5.22. The highest BCUT2D eigenvalue weighted by atomic mass is 79.9. The number of hydrogen-bond acceptors (Lipinski definition) is 2. The highest BCUT2D eigenvalue weighted by molar-refractivity contribution is 9.10. The van der Waals surface area contributed by atoms with Crippen LogP contribution in [0.4, 0.5) is 11.4 Å². The van der Waals surface area contributed by atoms with Crippen LogP contribution in [-0.2, 0) is 0 Å². The third-order valence-electron chi connectivity index (χ3n) is 3.13. The van der Waals surface area contributed by atoms with Crippen LogP contribution in [-0.4, -0.2) is 0 Å². The van der Waals surface area contributed by atoms with Crippen molar-refractivity contribution in [2.45, 2.75) is 0 Å². The van der Waals surface area contributed by atoms with Gasteiger partial charge in [0.15, 0.2) is 0 Å². The van der Waals surface area contributed by atoms with Crippen molar-refractivity contribution in [1.29, 1.82) is 5.26 Å². The van der Waals surface area contributed by atoms with E-state index in [1.807, 2.05) is 30.3 Å². The molecule has 2 nitrogen and oxygen atoms in total. The molecule has 3 aromatic carbocycles. The molecule has 0 atom stereocenters. The molecule has 20 heavy (non-hydrogen) atoms. The Morgan fingerprint density at radius 1 is 0.900 bits per heavy atom. The second-order valence-electron chi connectivity index (χ2n) is 4.49. The van der Waals surface area contributed by atoms with E-state index in [0.717, 1.165) is 15.8 Å². The van der Waals surface area contributed by atoms with Gasteiger partial charge in [-0.25, -0.2) is 0 Å². The standard InChI is InChI=1S/C17H11BrN2/c18-16-9-12(11-19)5-8-17(16)20-15-7-6-13-3-1-2-4-14(13)10-15/h1-10,20H. The van der Waals surface area contributed by atoms with Gasteiger partial charge in [0, 0.05) is 10.2 Å². The molecule has 3 rings (SSSR count). The average molecular weight is 323 g/mol. The van der Waals surface area contributed by atoms with Crippen LogP contribution in [0.1, 0.15) is 5.56 Å². The number of anilines is 2. The monoisotopic (exact) mass is 322 g/mol. The van der Waals surface area contributed by atoms with Crippen molar-refractivity contribution in [3.8, 4) is 6.07 Å². The van der Waals surface area contributed by atoms with Crippen LogP contribution < -0.4 is 5.32 Å². The second kappa shape index (κ2) is 5.36. The fourth-order valence-electron chi connectivity index (χ4n) is 2.11. The highest BCUT2D eigenvalue weighted by Crippen LogP contribution is 2.28. The molecule has 0 saturated carbocycles. The minimum absolute atomic E-state index is 0.640. The number of rotatable bonds is 2. The second-order valence-corrected chi connectivity index (χ2v) is 5.35. The van der Waals surface area contributed by atoms with Crippen molar-refractivity contribution < 1.29 is 0 Å². The summed E-state index contributed by atoms with van der Waals surface area (Å²) < 4.78 is 0.879. The zero-order chi connectivity index (χ0) is 13.9. The first-order valence-corrected chi connectivity index (χ1v) is 7.01. The molecule has 0 bridgehead atoms. The molecule has 0 aromatic heterocycles. The van der Waals surface area contributed by atoms with Crippen molar-refractivity contribution in [3.05, 3.63) is 70.7 Å². The van der Waals surface area contributed by atoms with Crippen LogP contribution in [0.2, 0.25) is 0 Å². The molecule has 1 N–H and O–H groups in total. The molecule has 0 saturated heterocycles. The summed E-state index contributed by atoms with van der Waals surface area (Å²) >= 11 is 3.48. The van der Waals surface area contributed by atoms with Crippen LogP contribution in [0.15, 0.2) is 65.1 Å². The van der Waals surface area contributed by atoms with E-state index in [1.165, 1.54) is 10.8 Å². The van der Waals surface area contributed by atoms with Gasteiger partial charge >= 0.3 is 0 Å². The van der Waals surface area contributed by atoms with Crippen molar-refractivity contribution >= 4 is 38.1 Å². The van der Waals surface area contributed by atoms with E-state index in [2.05, 4.69) is 51.6 Å². The van der Waals surface area contributed by atoms with Gasteiger partial charge in [-0.2, -0.15) is 5.26 Å². The predicted molar refractivity (Wildman–Crippen MR) is 86.1 cm³/mol. The van der Waals surface area contributed by atoms with Crippen LogP contribution in [0.5, 0.6) is 0 Å². The zero-order valence-electron chi connectivity index (χ0n) is 10.6. The van der Waals surface area contributed by atoms with Crippen LogP contribution in [0.25, 0.3) is 10.8 Å². The molecule has 0 aliphatic heterocycles. The maximum Gasteiger partial charge on any atom is 0.0992 e. The van der Waals surface area contributed by atoms with Gasteiger partial charge in [0.05, 0.1) is 17.3 Å². The lowest BCUT2D eigenvalue weighted by atomic mass is 10.1. The molecular weight excluding hydrogens is 312 g/mol. The summed E-state index contributed by atoms with van der Waals surface area (Å²) in [5, 5.41) is 14.6. The van der Waals surface area contributed by atoms with Gasteiger partial charge in [0.1, 0.15) is 0 Å². The first-order valence-electron chi connectivity index (χ1n) is 6.22. The molecule has 3 heteroatoms. The lowest BCUT2D eigenvalue weighted by Gasteiger charge is -2.09. The number of nitriles is 1. The van der Waals surface area contributed by atoms with Crippen molar-refractivity contribution in [2.24, 2.45) is 0 Å². The molecule has 0 amide bonds. The first-order chi connectivity index (χ1) is 9.76. The van der Waals surface area contributed by atoms with Gasteiger partial charge in [-0.05, 0) is 57.0 Å². The van der Waals surface area contributed by atoms with Crippen LogP contribution in [0.3, 0.4) is 0 Å². The maximum atomic E-state index is 8.87. The zero-order valence-corrected chi connectivity index (χ0v) is 12.2. The Labute approximate surface area is 125 Å². The summed E-state index contributed by atoms with van der Waals surface area (Å²) in [5.41, 5.74) is 2.61. The summed E-state index contributed by atoms with van der Waals surface area (Å²) in [6.07, 6.45) is 0. The number of nitrogens with zero attached hydrogens (tertiary/aromatic N) is 1. The maximum absolute atomic E-state index is 8.87. The third kappa shape index (κ3) is 2.52. The number of halogens is 1. The molecule has 0 unspecified atom stereocenters. The smallest absolute Gasteiger partial charge is 0.0992 e. The van der Waals surface area contributed by atoms with E-state index < -0.39 is 0 Å². The first kappa shape index (κ1) is 12.7. The van der Waals surface area contributed by atoms with Crippen molar-refractivity contribution in [3.63, 3.8) is 0 Å². The summed E-state index contributed by atoms with van der Waals surface area (Å²) in [6, 6.07) is 22.1. The Morgan fingerprint density at radius 2 is 1.70 bits per heavy atom. The Morgan fingerprint density at radius 3 is 2.45 bits per heavy atom. The summed E-state index contributed by atoms with van der Waals surface area (Å²) in [4.78, 5) is 0. The Kier molecular flexibility index (Phi) is 3.41. The van der Waals surface area contributed by atoms with E-state index in [-0.39, 0.29) is 0 Å². The molecular formula is C17H11BrN2. The Hall–Kier alpha value is -2.31. The van der Waals surface area contributed by atoms with Gasteiger partial charge in [0.25, 0.3) is 0 Å². The number of hydrogen-bond donors (Lipinski definition) is 1. The summed E-state index contributed by atoms with van der Waals surface area (Å²) in [5.74, 6) is 0. The molecule has 0 heterocycles. The summed E-state index contributed by atoms with van der Waals surface area (Å²) in [7, 11) is 0. The van der Waals surface area contributed by atoms with E-state index in [4.69, 9.17) is 5.26 Å². The molecule has 3 aromatic rings. The molecule has 0 fully saturated rings. The topological polar surface area (TPSA) is 35.8 Å². The molecule has 0 spiro atoms. The molecule has 0 aliphatic carbocycles. The minimum Gasteiger partial charge on any atom is -0.355 e.